The Morgan fingerprint density at radius 2 is 1.65 bits per heavy atom. The monoisotopic (exact) mass is 504 g/mol. The first-order valence-electron chi connectivity index (χ1n) is 12.0. The van der Waals surface area contributed by atoms with Crippen LogP contribution in [-0.2, 0) is 4.79 Å². The van der Waals surface area contributed by atoms with Crippen molar-refractivity contribution in [3.63, 3.8) is 0 Å². The number of hydrogen-bond donors (Lipinski definition) is 0. The van der Waals surface area contributed by atoms with Crippen LogP contribution in [-0.4, -0.2) is 34.9 Å². The van der Waals surface area contributed by atoms with Crippen LogP contribution in [0.3, 0.4) is 0 Å². The average molecular weight is 505 g/mol. The van der Waals surface area contributed by atoms with Crippen LogP contribution in [0.5, 0.6) is 5.75 Å². The fourth-order valence-electron chi connectivity index (χ4n) is 4.51. The zero-order valence-electron chi connectivity index (χ0n) is 20.6. The van der Waals surface area contributed by atoms with Crippen molar-refractivity contribution in [1.29, 1.82) is 0 Å². The van der Waals surface area contributed by atoms with Gasteiger partial charge in [0.2, 0.25) is 5.89 Å². The first-order valence-corrected chi connectivity index (χ1v) is 12.0. The number of piperidine rings is 1. The van der Waals surface area contributed by atoms with Crippen molar-refractivity contribution in [1.82, 2.24) is 9.88 Å². The molecule has 4 aromatic rings. The number of likely N-dealkylation sites (tertiary alicyclic amines) is 1. The molecule has 8 heteroatoms. The third-order valence-corrected chi connectivity index (χ3v) is 6.21. The molecule has 2 heterocycles. The van der Waals surface area contributed by atoms with E-state index in [1.807, 2.05) is 60.7 Å². The maximum atomic E-state index is 13.6. The Morgan fingerprint density at radius 1 is 0.946 bits per heavy atom. The predicted molar refractivity (Wildman–Crippen MR) is 132 cm³/mol. The predicted octanol–water partition coefficient (Wildman–Crippen LogP) is 1.51. The number of oxazole rings is 1. The van der Waals surface area contributed by atoms with Crippen LogP contribution >= 0.6 is 0 Å². The molecule has 37 heavy (non-hydrogen) atoms. The summed E-state index contributed by atoms with van der Waals surface area (Å²) in [5, 5.41) is 10.7. The van der Waals surface area contributed by atoms with Crippen LogP contribution in [0.1, 0.15) is 41.6 Å². The molecule has 182 valence electrons. The Balaban J connectivity index is 0.00000320. The molecule has 0 bridgehead atoms. The van der Waals surface area contributed by atoms with Crippen LogP contribution in [0.15, 0.2) is 89.3 Å². The number of carbonyl (C=O) groups excluding carboxylic acids is 2. The fourth-order valence-corrected chi connectivity index (χ4v) is 4.51. The second kappa shape index (κ2) is 12.2. The number of hydrogen-bond acceptors (Lipinski definition) is 6. The zero-order valence-corrected chi connectivity index (χ0v) is 22.6. The SMILES string of the molecule is O=C([O-])COc1cccc(C(=O)N2CCCCC2c2nc(-c3ccccc3)c(-c3ccccc3)o2)c1.[Na+]. The minimum absolute atomic E-state index is 0. The summed E-state index contributed by atoms with van der Waals surface area (Å²) in [5.74, 6) is -0.0282. The quantitative estimate of drug-likeness (QED) is 0.354. The molecule has 1 fully saturated rings. The topological polar surface area (TPSA) is 95.7 Å². The summed E-state index contributed by atoms with van der Waals surface area (Å²) >= 11 is 0. The van der Waals surface area contributed by atoms with Crippen molar-refractivity contribution >= 4 is 11.9 Å². The number of benzene rings is 3. The number of ether oxygens (including phenoxy) is 1. The van der Waals surface area contributed by atoms with Gasteiger partial charge in [0, 0.05) is 23.2 Å². The molecule has 0 saturated carbocycles. The number of aliphatic carboxylic acids is 1. The van der Waals surface area contributed by atoms with Crippen LogP contribution in [0.2, 0.25) is 0 Å². The first kappa shape index (κ1) is 26.7. The van der Waals surface area contributed by atoms with Gasteiger partial charge in [-0.1, -0.05) is 66.7 Å². The van der Waals surface area contributed by atoms with Crippen molar-refractivity contribution in [2.24, 2.45) is 0 Å². The van der Waals surface area contributed by atoms with Gasteiger partial charge in [0.25, 0.3) is 5.91 Å². The Kier molecular flexibility index (Phi) is 8.82. The summed E-state index contributed by atoms with van der Waals surface area (Å²) in [4.78, 5) is 31.0. The first-order chi connectivity index (χ1) is 17.6. The van der Waals surface area contributed by atoms with Crippen LogP contribution in [0.4, 0.5) is 0 Å². The second-order valence-electron chi connectivity index (χ2n) is 8.66. The van der Waals surface area contributed by atoms with E-state index in [1.165, 1.54) is 0 Å². The van der Waals surface area contributed by atoms with E-state index >= 15 is 0 Å². The van der Waals surface area contributed by atoms with Gasteiger partial charge in [-0.05, 0) is 37.5 Å². The van der Waals surface area contributed by atoms with Crippen molar-refractivity contribution in [3.05, 3.63) is 96.4 Å². The Hall–Kier alpha value is -3.39. The molecule has 1 saturated heterocycles. The molecule has 0 N–H and O–H groups in total. The fraction of sp³-hybridized carbons (Fsp3) is 0.207. The number of carboxylic acids is 1. The number of nitrogens with zero attached hydrogens (tertiary/aromatic N) is 2. The van der Waals surface area contributed by atoms with Gasteiger partial charge in [-0.3, -0.25) is 4.79 Å². The van der Waals surface area contributed by atoms with Gasteiger partial charge in [-0.2, -0.15) is 0 Å². The zero-order chi connectivity index (χ0) is 24.9. The summed E-state index contributed by atoms with van der Waals surface area (Å²) in [6, 6.07) is 25.9. The van der Waals surface area contributed by atoms with E-state index < -0.39 is 12.6 Å². The van der Waals surface area contributed by atoms with Gasteiger partial charge in [-0.25, -0.2) is 4.98 Å². The summed E-state index contributed by atoms with van der Waals surface area (Å²) in [7, 11) is 0. The summed E-state index contributed by atoms with van der Waals surface area (Å²) in [5.41, 5.74) is 3.02. The molecule has 1 aromatic heterocycles. The van der Waals surface area contributed by atoms with Crippen molar-refractivity contribution in [2.45, 2.75) is 25.3 Å². The number of carbonyl (C=O) groups is 2. The minimum Gasteiger partial charge on any atom is -0.546 e. The van der Waals surface area contributed by atoms with Gasteiger partial charge in [0.15, 0.2) is 5.76 Å². The van der Waals surface area contributed by atoms with Gasteiger partial charge >= 0.3 is 29.6 Å². The Morgan fingerprint density at radius 3 is 2.35 bits per heavy atom. The van der Waals surface area contributed by atoms with Crippen molar-refractivity contribution < 1.29 is 53.4 Å². The third kappa shape index (κ3) is 6.13. The molecule has 1 amide bonds. The summed E-state index contributed by atoms with van der Waals surface area (Å²) in [6.07, 6.45) is 2.56. The molecule has 7 nitrogen and oxygen atoms in total. The summed E-state index contributed by atoms with van der Waals surface area (Å²) in [6.45, 7) is -0.0117. The molecule has 1 unspecified atom stereocenters. The number of rotatable bonds is 7. The normalized spacial score (nSPS) is 15.0. The molecule has 0 aliphatic carbocycles. The smallest absolute Gasteiger partial charge is 0.546 e. The van der Waals surface area contributed by atoms with Gasteiger partial charge < -0.3 is 24.0 Å². The van der Waals surface area contributed by atoms with E-state index in [0.717, 1.165) is 36.1 Å². The van der Waals surface area contributed by atoms with Crippen LogP contribution in [0.25, 0.3) is 22.6 Å². The van der Waals surface area contributed by atoms with E-state index in [4.69, 9.17) is 14.1 Å². The Labute approximate surface area is 237 Å². The van der Waals surface area contributed by atoms with E-state index in [2.05, 4.69) is 0 Å². The molecule has 5 rings (SSSR count). The molecule has 1 aliphatic heterocycles. The second-order valence-corrected chi connectivity index (χ2v) is 8.66. The molecular formula is C29H25N2NaO5. The minimum atomic E-state index is -1.32. The summed E-state index contributed by atoms with van der Waals surface area (Å²) < 4.78 is 11.6. The van der Waals surface area contributed by atoms with Crippen LogP contribution < -0.4 is 39.4 Å². The van der Waals surface area contributed by atoms with E-state index in [0.29, 0.717) is 29.5 Å². The number of amides is 1. The standard InChI is InChI=1S/C29H26N2O5.Na/c32-25(33)19-35-23-15-9-14-22(18-23)29(34)31-17-8-7-16-24(31)28-30-26(20-10-3-1-4-11-20)27(36-28)21-12-5-2-6-13-21;/h1-6,9-15,18,24H,7-8,16-17,19H2,(H,32,33);/q;+1/p-1. The van der Waals surface area contributed by atoms with Gasteiger partial charge in [-0.15, -0.1) is 0 Å². The van der Waals surface area contributed by atoms with Crippen molar-refractivity contribution in [3.8, 4) is 28.3 Å². The Bertz CT molecular complexity index is 1300. The van der Waals surface area contributed by atoms with Gasteiger partial charge in [0.05, 0.1) is 5.97 Å². The molecule has 1 aliphatic rings. The van der Waals surface area contributed by atoms with E-state index in [9.17, 15) is 14.7 Å². The maximum Gasteiger partial charge on any atom is 1.00 e. The molecule has 1 atom stereocenters. The maximum absolute atomic E-state index is 13.6. The average Bonchev–Trinajstić information content (AvgIpc) is 3.38. The third-order valence-electron chi connectivity index (χ3n) is 6.21. The molecule has 0 spiro atoms. The van der Waals surface area contributed by atoms with E-state index in [1.54, 1.807) is 29.2 Å². The molecular weight excluding hydrogens is 479 g/mol. The molecule has 0 radical (unpaired) electrons. The number of carboxylic acid groups (broad SMARTS) is 1. The molecule has 3 aromatic carbocycles. The van der Waals surface area contributed by atoms with Crippen LogP contribution in [0, 0.1) is 0 Å². The van der Waals surface area contributed by atoms with Gasteiger partial charge in [0.1, 0.15) is 24.1 Å². The van der Waals surface area contributed by atoms with Crippen molar-refractivity contribution in [2.75, 3.05) is 13.2 Å². The largest absolute Gasteiger partial charge is 1.00 e. The van der Waals surface area contributed by atoms with E-state index in [-0.39, 0.29) is 41.5 Å². The number of aromatic nitrogens is 1.